The van der Waals surface area contributed by atoms with Gasteiger partial charge in [-0.1, -0.05) is 44.4 Å². The Hall–Kier alpha value is -0.620. The molecule has 0 unspecified atom stereocenters. The van der Waals surface area contributed by atoms with Gasteiger partial charge in [-0.15, -0.1) is 0 Å². The van der Waals surface area contributed by atoms with E-state index in [2.05, 4.69) is 23.9 Å². The van der Waals surface area contributed by atoms with E-state index in [0.29, 0.717) is 24.0 Å². The van der Waals surface area contributed by atoms with Crippen molar-refractivity contribution >= 4 is 21.6 Å². The predicted molar refractivity (Wildman–Crippen MR) is 83.5 cm³/mol. The van der Waals surface area contributed by atoms with Crippen molar-refractivity contribution in [1.82, 2.24) is 10.0 Å². The standard InChI is InChI=1S/C14H23ClN2O2S/c1-4-11(5-2)9-17-20(18,19)13-7-6-12(10-16-3)14(15)8-13/h6-8,11,16-17H,4-5,9-10H2,1-3H3. The lowest BCUT2D eigenvalue weighted by atomic mass is 10.0. The fraction of sp³-hybridized carbons (Fsp3) is 0.571. The van der Waals surface area contributed by atoms with Gasteiger partial charge in [0.15, 0.2) is 0 Å². The molecule has 0 spiro atoms. The molecule has 0 amide bonds. The summed E-state index contributed by atoms with van der Waals surface area (Å²) in [4.78, 5) is 0.216. The Labute approximate surface area is 127 Å². The highest BCUT2D eigenvalue weighted by atomic mass is 35.5. The lowest BCUT2D eigenvalue weighted by molar-refractivity contribution is 0.479. The molecular formula is C14H23ClN2O2S. The van der Waals surface area contributed by atoms with E-state index in [1.807, 2.05) is 7.05 Å². The van der Waals surface area contributed by atoms with Gasteiger partial charge in [0.1, 0.15) is 0 Å². The number of nitrogens with one attached hydrogen (secondary N) is 2. The SMILES string of the molecule is CCC(CC)CNS(=O)(=O)c1ccc(CNC)c(Cl)c1. The van der Waals surface area contributed by atoms with Gasteiger partial charge < -0.3 is 5.32 Å². The lowest BCUT2D eigenvalue weighted by Crippen LogP contribution is -2.29. The molecule has 6 heteroatoms. The quantitative estimate of drug-likeness (QED) is 0.775. The minimum atomic E-state index is -3.48. The normalized spacial score (nSPS) is 12.1. The van der Waals surface area contributed by atoms with Crippen LogP contribution in [0.3, 0.4) is 0 Å². The van der Waals surface area contributed by atoms with Crippen LogP contribution >= 0.6 is 11.6 Å². The Bertz CT molecular complexity index is 528. The van der Waals surface area contributed by atoms with Gasteiger partial charge >= 0.3 is 0 Å². The molecule has 4 nitrogen and oxygen atoms in total. The molecule has 2 N–H and O–H groups in total. The summed E-state index contributed by atoms with van der Waals surface area (Å²) < 4.78 is 27.1. The second-order valence-corrected chi connectivity index (χ2v) is 6.99. The number of rotatable bonds is 8. The van der Waals surface area contributed by atoms with Crippen LogP contribution in [0.25, 0.3) is 0 Å². The summed E-state index contributed by atoms with van der Waals surface area (Å²) in [6.07, 6.45) is 1.92. The molecule has 0 aliphatic heterocycles. The van der Waals surface area contributed by atoms with Crippen LogP contribution in [0.5, 0.6) is 0 Å². The van der Waals surface area contributed by atoms with Crippen molar-refractivity contribution in [1.29, 1.82) is 0 Å². The molecule has 1 aromatic rings. The Morgan fingerprint density at radius 3 is 2.40 bits per heavy atom. The summed E-state index contributed by atoms with van der Waals surface area (Å²) in [7, 11) is -1.67. The van der Waals surface area contributed by atoms with Crippen LogP contribution in [0.15, 0.2) is 23.1 Å². The maximum Gasteiger partial charge on any atom is 0.240 e. The van der Waals surface area contributed by atoms with Crippen LogP contribution in [0.4, 0.5) is 0 Å². The van der Waals surface area contributed by atoms with Crippen molar-refractivity contribution in [2.45, 2.75) is 38.1 Å². The minimum Gasteiger partial charge on any atom is -0.316 e. The number of benzene rings is 1. The van der Waals surface area contributed by atoms with Crippen molar-refractivity contribution in [3.8, 4) is 0 Å². The van der Waals surface area contributed by atoms with Gasteiger partial charge in [0.25, 0.3) is 0 Å². The third kappa shape index (κ3) is 4.74. The average molecular weight is 319 g/mol. The van der Waals surface area contributed by atoms with Crippen LogP contribution in [0.2, 0.25) is 5.02 Å². The Balaban J connectivity index is 2.85. The van der Waals surface area contributed by atoms with Crippen molar-refractivity contribution in [3.05, 3.63) is 28.8 Å². The second kappa shape index (κ2) is 7.98. The zero-order chi connectivity index (χ0) is 15.2. The van der Waals surface area contributed by atoms with Crippen LogP contribution in [0, 0.1) is 5.92 Å². The molecule has 114 valence electrons. The smallest absolute Gasteiger partial charge is 0.240 e. The topological polar surface area (TPSA) is 58.2 Å². The lowest BCUT2D eigenvalue weighted by Gasteiger charge is -2.14. The molecule has 1 rings (SSSR count). The van der Waals surface area contributed by atoms with Crippen molar-refractivity contribution in [2.75, 3.05) is 13.6 Å². The van der Waals surface area contributed by atoms with Crippen molar-refractivity contribution in [2.24, 2.45) is 5.92 Å². The van der Waals surface area contributed by atoms with Crippen LogP contribution in [0.1, 0.15) is 32.3 Å². The van der Waals surface area contributed by atoms with Gasteiger partial charge in [0.2, 0.25) is 10.0 Å². The number of sulfonamides is 1. The highest BCUT2D eigenvalue weighted by Gasteiger charge is 2.16. The van der Waals surface area contributed by atoms with Gasteiger partial charge in [0.05, 0.1) is 4.90 Å². The molecule has 0 saturated heterocycles. The molecule has 0 aromatic heterocycles. The fourth-order valence-electron chi connectivity index (χ4n) is 1.92. The van der Waals surface area contributed by atoms with Gasteiger partial charge in [0, 0.05) is 18.1 Å². The van der Waals surface area contributed by atoms with E-state index in [1.54, 1.807) is 12.1 Å². The molecule has 0 radical (unpaired) electrons. The summed E-state index contributed by atoms with van der Waals surface area (Å²) in [6.45, 7) is 5.20. The van der Waals surface area contributed by atoms with Gasteiger partial charge in [-0.25, -0.2) is 13.1 Å². The van der Waals surface area contributed by atoms with Crippen molar-refractivity contribution < 1.29 is 8.42 Å². The summed E-state index contributed by atoms with van der Waals surface area (Å²) in [5.74, 6) is 0.365. The van der Waals surface area contributed by atoms with E-state index in [4.69, 9.17) is 11.6 Å². The van der Waals surface area contributed by atoms with E-state index in [-0.39, 0.29) is 4.90 Å². The molecule has 1 aromatic carbocycles. The van der Waals surface area contributed by atoms with Crippen molar-refractivity contribution in [3.63, 3.8) is 0 Å². The number of hydrogen-bond donors (Lipinski definition) is 2. The fourth-order valence-corrected chi connectivity index (χ4v) is 3.37. The van der Waals surface area contributed by atoms with E-state index >= 15 is 0 Å². The zero-order valence-corrected chi connectivity index (χ0v) is 13.8. The average Bonchev–Trinajstić information content (AvgIpc) is 2.42. The Morgan fingerprint density at radius 2 is 1.90 bits per heavy atom. The van der Waals surface area contributed by atoms with Gasteiger partial charge in [-0.05, 0) is 30.7 Å². The molecule has 0 aliphatic carbocycles. The minimum absolute atomic E-state index is 0.216. The van der Waals surface area contributed by atoms with Gasteiger partial charge in [-0.3, -0.25) is 0 Å². The molecule has 0 heterocycles. The first kappa shape index (κ1) is 17.4. The van der Waals surface area contributed by atoms with E-state index in [9.17, 15) is 8.42 Å². The van der Waals surface area contributed by atoms with Gasteiger partial charge in [-0.2, -0.15) is 0 Å². The molecule has 0 atom stereocenters. The summed E-state index contributed by atoms with van der Waals surface area (Å²) >= 11 is 6.10. The highest BCUT2D eigenvalue weighted by molar-refractivity contribution is 7.89. The summed E-state index contributed by atoms with van der Waals surface area (Å²) in [5.41, 5.74) is 0.883. The molecule has 0 bridgehead atoms. The maximum atomic E-state index is 12.2. The first-order chi connectivity index (χ1) is 9.44. The van der Waals surface area contributed by atoms with Crippen LogP contribution in [-0.4, -0.2) is 22.0 Å². The molecular weight excluding hydrogens is 296 g/mol. The first-order valence-corrected chi connectivity index (χ1v) is 8.73. The highest BCUT2D eigenvalue weighted by Crippen LogP contribution is 2.21. The third-order valence-corrected chi connectivity index (χ3v) is 5.19. The summed E-state index contributed by atoms with van der Waals surface area (Å²) in [5, 5.41) is 3.45. The zero-order valence-electron chi connectivity index (χ0n) is 12.2. The summed E-state index contributed by atoms with van der Waals surface area (Å²) in [6, 6.07) is 4.84. The Kier molecular flexibility index (Phi) is 6.95. The number of halogens is 1. The predicted octanol–water partition coefficient (Wildman–Crippen LogP) is 2.77. The second-order valence-electron chi connectivity index (χ2n) is 4.82. The molecule has 0 saturated carbocycles. The Morgan fingerprint density at radius 1 is 1.25 bits per heavy atom. The van der Waals surface area contributed by atoms with Crippen LogP contribution in [-0.2, 0) is 16.6 Å². The number of hydrogen-bond acceptors (Lipinski definition) is 3. The molecule has 0 aliphatic rings. The molecule has 20 heavy (non-hydrogen) atoms. The first-order valence-electron chi connectivity index (χ1n) is 6.87. The van der Waals surface area contributed by atoms with E-state index < -0.39 is 10.0 Å². The monoisotopic (exact) mass is 318 g/mol. The molecule has 0 fully saturated rings. The third-order valence-electron chi connectivity index (χ3n) is 3.42. The maximum absolute atomic E-state index is 12.2. The van der Waals surface area contributed by atoms with E-state index in [0.717, 1.165) is 18.4 Å². The van der Waals surface area contributed by atoms with E-state index in [1.165, 1.54) is 6.07 Å². The van der Waals surface area contributed by atoms with Crippen LogP contribution < -0.4 is 10.0 Å². The largest absolute Gasteiger partial charge is 0.316 e.